The Bertz CT molecular complexity index is 521. The summed E-state index contributed by atoms with van der Waals surface area (Å²) >= 11 is 0. The molecule has 2 heterocycles. The highest BCUT2D eigenvalue weighted by molar-refractivity contribution is 5.75. The summed E-state index contributed by atoms with van der Waals surface area (Å²) in [6, 6.07) is 5.08. The van der Waals surface area contributed by atoms with Crippen LogP contribution in [0.15, 0.2) is 30.6 Å². The zero-order chi connectivity index (χ0) is 12.3. The number of esters is 1. The summed E-state index contributed by atoms with van der Waals surface area (Å²) < 4.78 is 6.79. The lowest BCUT2D eigenvalue weighted by atomic mass is 10.2. The van der Waals surface area contributed by atoms with Crippen molar-refractivity contribution < 1.29 is 9.53 Å². The summed E-state index contributed by atoms with van der Waals surface area (Å²) in [5.41, 5.74) is 7.52. The van der Waals surface area contributed by atoms with Crippen molar-refractivity contribution in [2.45, 2.75) is 19.4 Å². The van der Waals surface area contributed by atoms with E-state index >= 15 is 0 Å². The Morgan fingerprint density at radius 2 is 2.41 bits per heavy atom. The van der Waals surface area contributed by atoms with Crippen LogP contribution >= 0.6 is 0 Å². The maximum absolute atomic E-state index is 11.4. The second kappa shape index (κ2) is 4.97. The van der Waals surface area contributed by atoms with Gasteiger partial charge in [0.15, 0.2) is 0 Å². The van der Waals surface area contributed by atoms with E-state index in [0.717, 1.165) is 11.3 Å². The maximum Gasteiger partial charge on any atom is 0.323 e. The molecule has 1 atom stereocenters. The fourth-order valence-corrected chi connectivity index (χ4v) is 1.69. The zero-order valence-corrected chi connectivity index (χ0v) is 9.67. The van der Waals surface area contributed by atoms with Gasteiger partial charge in [-0.15, -0.1) is 0 Å². The van der Waals surface area contributed by atoms with E-state index in [0.29, 0.717) is 13.0 Å². The van der Waals surface area contributed by atoms with Crippen LogP contribution in [0.5, 0.6) is 0 Å². The van der Waals surface area contributed by atoms with Crippen LogP contribution < -0.4 is 5.73 Å². The first-order chi connectivity index (χ1) is 8.22. The number of imidazole rings is 1. The minimum Gasteiger partial charge on any atom is -0.465 e. The van der Waals surface area contributed by atoms with Crippen LogP contribution in [0, 0.1) is 0 Å². The standard InChI is InChI=1S/C12H15N3O2/c1-2-17-12(16)10(13)7-9-8-14-11-5-3-4-6-15(9)11/h3-6,8,10H,2,7,13H2,1H3. The van der Waals surface area contributed by atoms with Crippen LogP contribution in [-0.2, 0) is 16.0 Å². The highest BCUT2D eigenvalue weighted by Crippen LogP contribution is 2.08. The van der Waals surface area contributed by atoms with E-state index in [1.165, 1.54) is 0 Å². The fourth-order valence-electron chi connectivity index (χ4n) is 1.69. The summed E-state index contributed by atoms with van der Waals surface area (Å²) in [5, 5.41) is 0. The van der Waals surface area contributed by atoms with Crippen LogP contribution in [-0.4, -0.2) is 28.0 Å². The lowest BCUT2D eigenvalue weighted by Gasteiger charge is -2.09. The molecule has 2 aromatic heterocycles. The third kappa shape index (κ3) is 2.45. The van der Waals surface area contributed by atoms with Crippen molar-refractivity contribution in [3.05, 3.63) is 36.3 Å². The van der Waals surface area contributed by atoms with Gasteiger partial charge >= 0.3 is 5.97 Å². The first kappa shape index (κ1) is 11.6. The maximum atomic E-state index is 11.4. The van der Waals surface area contributed by atoms with Crippen LogP contribution in [0.4, 0.5) is 0 Å². The number of nitrogens with two attached hydrogens (primary N) is 1. The van der Waals surface area contributed by atoms with Crippen LogP contribution in [0.1, 0.15) is 12.6 Å². The Labute approximate surface area is 99.2 Å². The number of carbonyl (C=O) groups excluding carboxylic acids is 1. The van der Waals surface area contributed by atoms with Gasteiger partial charge in [0.25, 0.3) is 0 Å². The van der Waals surface area contributed by atoms with Crippen molar-refractivity contribution >= 4 is 11.6 Å². The highest BCUT2D eigenvalue weighted by Gasteiger charge is 2.17. The number of aromatic nitrogens is 2. The molecule has 0 spiro atoms. The summed E-state index contributed by atoms with van der Waals surface area (Å²) in [6.45, 7) is 2.11. The van der Waals surface area contributed by atoms with Gasteiger partial charge in [0, 0.05) is 24.5 Å². The van der Waals surface area contributed by atoms with E-state index in [-0.39, 0.29) is 5.97 Å². The van der Waals surface area contributed by atoms with Crippen LogP contribution in [0.3, 0.4) is 0 Å². The SMILES string of the molecule is CCOC(=O)C(N)Cc1cnc2ccccn12. The average molecular weight is 233 g/mol. The number of rotatable bonds is 4. The van der Waals surface area contributed by atoms with Crippen molar-refractivity contribution in [3.8, 4) is 0 Å². The normalized spacial score (nSPS) is 12.6. The first-order valence-electron chi connectivity index (χ1n) is 5.55. The molecular weight excluding hydrogens is 218 g/mol. The summed E-state index contributed by atoms with van der Waals surface area (Å²) in [6.07, 6.45) is 4.05. The second-order valence-corrected chi connectivity index (χ2v) is 3.74. The molecule has 0 aliphatic carbocycles. The van der Waals surface area contributed by atoms with Gasteiger partial charge in [-0.25, -0.2) is 4.98 Å². The average Bonchev–Trinajstić information content (AvgIpc) is 2.73. The van der Waals surface area contributed by atoms with E-state index in [9.17, 15) is 4.79 Å². The molecule has 5 heteroatoms. The largest absolute Gasteiger partial charge is 0.465 e. The predicted octanol–water partition coefficient (Wildman–Crippen LogP) is 0.767. The van der Waals surface area contributed by atoms with Gasteiger partial charge in [-0.3, -0.25) is 4.79 Å². The Morgan fingerprint density at radius 3 is 3.18 bits per heavy atom. The number of nitrogens with zero attached hydrogens (tertiary/aromatic N) is 2. The van der Waals surface area contributed by atoms with Gasteiger partial charge in [-0.05, 0) is 19.1 Å². The molecular formula is C12H15N3O2. The molecule has 90 valence electrons. The van der Waals surface area contributed by atoms with E-state index in [4.69, 9.17) is 10.5 Å². The number of hydrogen-bond acceptors (Lipinski definition) is 4. The third-order valence-electron chi connectivity index (χ3n) is 2.51. The van der Waals surface area contributed by atoms with Gasteiger partial charge < -0.3 is 14.9 Å². The minimum absolute atomic E-state index is 0.347. The highest BCUT2D eigenvalue weighted by atomic mass is 16.5. The lowest BCUT2D eigenvalue weighted by molar-refractivity contribution is -0.144. The van der Waals surface area contributed by atoms with E-state index < -0.39 is 6.04 Å². The van der Waals surface area contributed by atoms with Crippen molar-refractivity contribution in [2.24, 2.45) is 5.73 Å². The molecule has 0 aliphatic heterocycles. The Balaban J connectivity index is 2.16. The molecule has 17 heavy (non-hydrogen) atoms. The molecule has 2 aromatic rings. The summed E-state index contributed by atoms with van der Waals surface area (Å²) in [7, 11) is 0. The number of fused-ring (bicyclic) bond motifs is 1. The molecule has 0 aromatic carbocycles. The molecule has 2 N–H and O–H groups in total. The minimum atomic E-state index is -0.643. The van der Waals surface area contributed by atoms with Gasteiger partial charge in [0.2, 0.25) is 0 Å². The van der Waals surface area contributed by atoms with E-state index in [1.807, 2.05) is 28.8 Å². The smallest absolute Gasteiger partial charge is 0.323 e. The Hall–Kier alpha value is -1.88. The quantitative estimate of drug-likeness (QED) is 0.792. The molecule has 0 radical (unpaired) electrons. The second-order valence-electron chi connectivity index (χ2n) is 3.74. The van der Waals surface area contributed by atoms with E-state index in [1.54, 1.807) is 13.1 Å². The third-order valence-corrected chi connectivity index (χ3v) is 2.51. The predicted molar refractivity (Wildman–Crippen MR) is 63.5 cm³/mol. The van der Waals surface area contributed by atoms with Crippen molar-refractivity contribution in [3.63, 3.8) is 0 Å². The summed E-state index contributed by atoms with van der Waals surface area (Å²) in [5.74, 6) is -0.376. The van der Waals surface area contributed by atoms with Gasteiger partial charge in [0.1, 0.15) is 11.7 Å². The van der Waals surface area contributed by atoms with Crippen LogP contribution in [0.25, 0.3) is 5.65 Å². The molecule has 0 fully saturated rings. The Morgan fingerprint density at radius 1 is 1.59 bits per heavy atom. The van der Waals surface area contributed by atoms with Gasteiger partial charge in [-0.2, -0.15) is 0 Å². The molecule has 2 rings (SSSR count). The summed E-state index contributed by atoms with van der Waals surface area (Å²) in [4.78, 5) is 15.7. The molecule has 0 saturated carbocycles. The van der Waals surface area contributed by atoms with Gasteiger partial charge in [0.05, 0.1) is 6.61 Å². The molecule has 0 saturated heterocycles. The monoisotopic (exact) mass is 233 g/mol. The number of pyridine rings is 1. The van der Waals surface area contributed by atoms with Crippen molar-refractivity contribution in [1.29, 1.82) is 0 Å². The van der Waals surface area contributed by atoms with Gasteiger partial charge in [-0.1, -0.05) is 6.07 Å². The Kier molecular flexibility index (Phi) is 3.39. The molecule has 1 unspecified atom stereocenters. The van der Waals surface area contributed by atoms with Crippen molar-refractivity contribution in [2.75, 3.05) is 6.61 Å². The topological polar surface area (TPSA) is 69.6 Å². The number of hydrogen-bond donors (Lipinski definition) is 1. The first-order valence-corrected chi connectivity index (χ1v) is 5.55. The number of ether oxygens (including phenoxy) is 1. The zero-order valence-electron chi connectivity index (χ0n) is 9.67. The molecule has 0 aliphatic rings. The molecule has 5 nitrogen and oxygen atoms in total. The van der Waals surface area contributed by atoms with E-state index in [2.05, 4.69) is 4.98 Å². The lowest BCUT2D eigenvalue weighted by Crippen LogP contribution is -2.34. The van der Waals surface area contributed by atoms with Crippen molar-refractivity contribution in [1.82, 2.24) is 9.38 Å². The molecule has 0 amide bonds. The molecule has 0 bridgehead atoms. The fraction of sp³-hybridized carbons (Fsp3) is 0.333. The number of carbonyl (C=O) groups is 1. The van der Waals surface area contributed by atoms with Crippen LogP contribution in [0.2, 0.25) is 0 Å².